The number of ketones is 1. The highest BCUT2D eigenvalue weighted by Crippen LogP contribution is 2.15. The van der Waals surface area contributed by atoms with Crippen molar-refractivity contribution in [3.8, 4) is 12.3 Å². The molecule has 1 N–H and O–H groups in total. The Kier molecular flexibility index (Phi) is 6.18. The number of aliphatic hydroxyl groups is 1. The van der Waals surface area contributed by atoms with Gasteiger partial charge in [-0.05, 0) is 20.3 Å². The molecule has 4 heteroatoms. The highest BCUT2D eigenvalue weighted by Gasteiger charge is 2.38. The fourth-order valence-corrected chi connectivity index (χ4v) is 1.04. The molecule has 0 radical (unpaired) electrons. The summed E-state index contributed by atoms with van der Waals surface area (Å²) < 4.78 is 10.1. The number of terminal acetylenes is 1. The van der Waals surface area contributed by atoms with Gasteiger partial charge < -0.3 is 14.6 Å². The molecule has 15 heavy (non-hydrogen) atoms. The van der Waals surface area contributed by atoms with E-state index in [1.807, 2.05) is 0 Å². The predicted octanol–water partition coefficient (Wildman–Crippen LogP) is 0.729. The standard InChI is InChI=1S/C11H18O4/c1-5-11(13,6-2)9(12)10(14-7-3)15-8-4/h1,10,13H,6-8H2,2-4H3. The first-order valence-electron chi connectivity index (χ1n) is 5.03. The lowest BCUT2D eigenvalue weighted by atomic mass is 9.96. The number of carbonyl (C=O) groups excluding carboxylic acids is 1. The molecule has 4 nitrogen and oxygen atoms in total. The fraction of sp³-hybridized carbons (Fsp3) is 0.727. The summed E-state index contributed by atoms with van der Waals surface area (Å²) in [6, 6.07) is 0. The van der Waals surface area contributed by atoms with Gasteiger partial charge in [-0.15, -0.1) is 6.42 Å². The molecule has 0 aliphatic carbocycles. The van der Waals surface area contributed by atoms with E-state index in [1.54, 1.807) is 20.8 Å². The quantitative estimate of drug-likeness (QED) is 0.501. The van der Waals surface area contributed by atoms with E-state index < -0.39 is 17.7 Å². The molecule has 0 amide bonds. The van der Waals surface area contributed by atoms with Crippen LogP contribution in [-0.4, -0.2) is 36.0 Å². The van der Waals surface area contributed by atoms with Crippen molar-refractivity contribution < 1.29 is 19.4 Å². The Morgan fingerprint density at radius 2 is 1.87 bits per heavy atom. The van der Waals surface area contributed by atoms with E-state index in [-0.39, 0.29) is 6.42 Å². The lowest BCUT2D eigenvalue weighted by Crippen LogP contribution is -2.45. The largest absolute Gasteiger partial charge is 0.371 e. The van der Waals surface area contributed by atoms with Crippen LogP contribution in [0.5, 0.6) is 0 Å². The minimum atomic E-state index is -1.80. The second kappa shape index (κ2) is 6.57. The van der Waals surface area contributed by atoms with Crippen LogP contribution in [0, 0.1) is 12.3 Å². The first-order valence-corrected chi connectivity index (χ1v) is 5.03. The molecule has 0 fully saturated rings. The number of carbonyl (C=O) groups is 1. The van der Waals surface area contributed by atoms with Gasteiger partial charge >= 0.3 is 0 Å². The maximum Gasteiger partial charge on any atom is 0.232 e. The molecule has 0 aliphatic rings. The van der Waals surface area contributed by atoms with Crippen LogP contribution >= 0.6 is 0 Å². The Labute approximate surface area is 90.6 Å². The van der Waals surface area contributed by atoms with E-state index in [1.165, 1.54) is 0 Å². The first-order chi connectivity index (χ1) is 7.05. The van der Waals surface area contributed by atoms with Gasteiger partial charge in [-0.3, -0.25) is 4.79 Å². The van der Waals surface area contributed by atoms with Crippen molar-refractivity contribution in [2.24, 2.45) is 0 Å². The van der Waals surface area contributed by atoms with Gasteiger partial charge in [0.2, 0.25) is 12.1 Å². The van der Waals surface area contributed by atoms with E-state index in [9.17, 15) is 9.90 Å². The van der Waals surface area contributed by atoms with Crippen LogP contribution in [0.3, 0.4) is 0 Å². The van der Waals surface area contributed by atoms with Crippen LogP contribution in [0.15, 0.2) is 0 Å². The van der Waals surface area contributed by atoms with Gasteiger partial charge in [0.1, 0.15) is 0 Å². The molecule has 0 rings (SSSR count). The normalized spacial score (nSPS) is 14.7. The highest BCUT2D eigenvalue weighted by atomic mass is 16.7. The average Bonchev–Trinajstić information content (AvgIpc) is 2.26. The number of hydrogen-bond acceptors (Lipinski definition) is 4. The zero-order valence-corrected chi connectivity index (χ0v) is 9.45. The maximum absolute atomic E-state index is 11.8. The van der Waals surface area contributed by atoms with Crippen molar-refractivity contribution in [2.45, 2.75) is 39.1 Å². The first kappa shape index (κ1) is 14.1. The summed E-state index contributed by atoms with van der Waals surface area (Å²) in [5.41, 5.74) is -1.80. The second-order valence-corrected chi connectivity index (χ2v) is 2.97. The van der Waals surface area contributed by atoms with Crippen LogP contribution in [0.1, 0.15) is 27.2 Å². The van der Waals surface area contributed by atoms with Crippen molar-refractivity contribution in [1.29, 1.82) is 0 Å². The fourth-order valence-electron chi connectivity index (χ4n) is 1.04. The number of rotatable bonds is 7. The maximum atomic E-state index is 11.8. The minimum Gasteiger partial charge on any atom is -0.371 e. The summed E-state index contributed by atoms with van der Waals surface area (Å²) in [5, 5.41) is 9.78. The lowest BCUT2D eigenvalue weighted by Gasteiger charge is -2.24. The Balaban J connectivity index is 4.69. The molecule has 1 unspecified atom stereocenters. The van der Waals surface area contributed by atoms with E-state index in [0.29, 0.717) is 13.2 Å². The molecule has 0 saturated heterocycles. The predicted molar refractivity (Wildman–Crippen MR) is 56.1 cm³/mol. The van der Waals surface area contributed by atoms with Crippen molar-refractivity contribution in [2.75, 3.05) is 13.2 Å². The highest BCUT2D eigenvalue weighted by molar-refractivity contribution is 5.93. The van der Waals surface area contributed by atoms with Crippen LogP contribution in [0.2, 0.25) is 0 Å². The Bertz CT molecular complexity index is 237. The molecule has 86 valence electrons. The molecule has 0 aromatic carbocycles. The van der Waals surface area contributed by atoms with Crippen molar-refractivity contribution in [3.05, 3.63) is 0 Å². The smallest absolute Gasteiger partial charge is 0.232 e. The Morgan fingerprint density at radius 3 is 2.13 bits per heavy atom. The lowest BCUT2D eigenvalue weighted by molar-refractivity contribution is -0.180. The molecule has 0 aromatic heterocycles. The molecular weight excluding hydrogens is 196 g/mol. The zero-order chi connectivity index (χ0) is 11.9. The van der Waals surface area contributed by atoms with E-state index in [0.717, 1.165) is 0 Å². The zero-order valence-electron chi connectivity index (χ0n) is 9.45. The van der Waals surface area contributed by atoms with Gasteiger partial charge in [0.25, 0.3) is 0 Å². The van der Waals surface area contributed by atoms with Gasteiger partial charge in [-0.25, -0.2) is 0 Å². The monoisotopic (exact) mass is 214 g/mol. The molecule has 0 aromatic rings. The number of hydrogen-bond donors (Lipinski definition) is 1. The van der Waals surface area contributed by atoms with Crippen LogP contribution in [-0.2, 0) is 14.3 Å². The SMILES string of the molecule is C#CC(O)(CC)C(=O)C(OCC)OCC. The number of Topliss-reactive ketones (excluding diaryl/α,β-unsaturated/α-hetero) is 1. The molecule has 0 heterocycles. The van der Waals surface area contributed by atoms with E-state index in [2.05, 4.69) is 5.92 Å². The second-order valence-electron chi connectivity index (χ2n) is 2.97. The molecule has 0 saturated carbocycles. The third kappa shape index (κ3) is 3.63. The van der Waals surface area contributed by atoms with Crippen molar-refractivity contribution in [3.63, 3.8) is 0 Å². The Morgan fingerprint density at radius 1 is 1.40 bits per heavy atom. The van der Waals surface area contributed by atoms with Crippen molar-refractivity contribution >= 4 is 5.78 Å². The van der Waals surface area contributed by atoms with Crippen LogP contribution < -0.4 is 0 Å². The van der Waals surface area contributed by atoms with Gasteiger partial charge in [0.15, 0.2) is 5.60 Å². The van der Waals surface area contributed by atoms with Gasteiger partial charge in [-0.1, -0.05) is 12.8 Å². The summed E-state index contributed by atoms with van der Waals surface area (Å²) in [7, 11) is 0. The number of ether oxygens (including phenoxy) is 2. The van der Waals surface area contributed by atoms with Crippen molar-refractivity contribution in [1.82, 2.24) is 0 Å². The van der Waals surface area contributed by atoms with Gasteiger partial charge in [0, 0.05) is 13.2 Å². The third-order valence-corrected chi connectivity index (χ3v) is 2.01. The van der Waals surface area contributed by atoms with Gasteiger partial charge in [-0.2, -0.15) is 0 Å². The molecule has 0 bridgehead atoms. The van der Waals surface area contributed by atoms with Crippen LogP contribution in [0.4, 0.5) is 0 Å². The summed E-state index contributed by atoms with van der Waals surface area (Å²) in [5.74, 6) is 1.46. The van der Waals surface area contributed by atoms with E-state index in [4.69, 9.17) is 15.9 Å². The average molecular weight is 214 g/mol. The van der Waals surface area contributed by atoms with Crippen LogP contribution in [0.25, 0.3) is 0 Å². The topological polar surface area (TPSA) is 55.8 Å². The molecule has 0 spiro atoms. The molecular formula is C11H18O4. The molecule has 0 aliphatic heterocycles. The Hall–Kier alpha value is -0.890. The minimum absolute atomic E-state index is 0.138. The summed E-state index contributed by atoms with van der Waals surface area (Å²) in [6.45, 7) is 5.74. The van der Waals surface area contributed by atoms with E-state index >= 15 is 0 Å². The van der Waals surface area contributed by atoms with Gasteiger partial charge in [0.05, 0.1) is 0 Å². The summed E-state index contributed by atoms with van der Waals surface area (Å²) >= 11 is 0. The third-order valence-electron chi connectivity index (χ3n) is 2.01. The summed E-state index contributed by atoms with van der Waals surface area (Å²) in [6.07, 6.45) is 4.17. The molecule has 1 atom stereocenters. The summed E-state index contributed by atoms with van der Waals surface area (Å²) in [4.78, 5) is 11.8.